The van der Waals surface area contributed by atoms with E-state index in [9.17, 15) is 8.42 Å². The van der Waals surface area contributed by atoms with Gasteiger partial charge in [0.15, 0.2) is 0 Å². The number of rotatable bonds is 3. The summed E-state index contributed by atoms with van der Waals surface area (Å²) in [5.74, 6) is 0. The zero-order valence-corrected chi connectivity index (χ0v) is 13.8. The molecule has 0 aliphatic rings. The topological polar surface area (TPSA) is 49.9 Å². The molecule has 21 heavy (non-hydrogen) atoms. The second kappa shape index (κ2) is 5.31. The summed E-state index contributed by atoms with van der Waals surface area (Å²) in [6.07, 6.45) is 0. The highest BCUT2D eigenvalue weighted by atomic mass is 79.9. The number of aromatic nitrogens is 1. The van der Waals surface area contributed by atoms with Crippen LogP contribution in [0.1, 0.15) is 11.1 Å². The molecule has 0 aliphatic carbocycles. The number of halogens is 1. The van der Waals surface area contributed by atoms with Crippen LogP contribution in [0.4, 0.5) is 0 Å². The molecule has 0 unspecified atom stereocenters. The Labute approximate surface area is 132 Å². The largest absolute Gasteiger partial charge is 0.345 e. The number of alkyl halides is 1. The molecule has 1 aromatic heterocycles. The van der Waals surface area contributed by atoms with E-state index in [0.29, 0.717) is 10.2 Å². The van der Waals surface area contributed by atoms with Crippen molar-refractivity contribution in [2.45, 2.75) is 22.2 Å². The van der Waals surface area contributed by atoms with Crippen LogP contribution in [0.3, 0.4) is 0 Å². The van der Waals surface area contributed by atoms with Gasteiger partial charge in [0, 0.05) is 16.2 Å². The number of benzene rings is 2. The predicted molar refractivity (Wildman–Crippen MR) is 87.6 cm³/mol. The molecule has 108 valence electrons. The Morgan fingerprint density at radius 2 is 1.81 bits per heavy atom. The Morgan fingerprint density at radius 3 is 2.48 bits per heavy atom. The predicted octanol–water partition coefficient (Wildman–Crippen LogP) is 4.20. The molecule has 3 nitrogen and oxygen atoms in total. The van der Waals surface area contributed by atoms with Crippen LogP contribution < -0.4 is 0 Å². The SMILES string of the molecule is Cc1ccc(S(=O)(=O)c2cc3c(CBr)cccc3[nH]2)cc1. The van der Waals surface area contributed by atoms with Crippen molar-refractivity contribution in [1.29, 1.82) is 0 Å². The highest BCUT2D eigenvalue weighted by molar-refractivity contribution is 9.08. The maximum atomic E-state index is 12.7. The van der Waals surface area contributed by atoms with Gasteiger partial charge in [-0.3, -0.25) is 0 Å². The number of sulfone groups is 1. The van der Waals surface area contributed by atoms with Crippen molar-refractivity contribution >= 4 is 36.7 Å². The normalized spacial score (nSPS) is 11.9. The van der Waals surface area contributed by atoms with Crippen molar-refractivity contribution < 1.29 is 8.42 Å². The van der Waals surface area contributed by atoms with E-state index in [-0.39, 0.29) is 5.03 Å². The van der Waals surface area contributed by atoms with Crippen LogP contribution in [0.25, 0.3) is 10.9 Å². The molecule has 0 atom stereocenters. The molecular weight excluding hydrogens is 350 g/mol. The average molecular weight is 364 g/mol. The third-order valence-corrected chi connectivity index (χ3v) is 5.79. The van der Waals surface area contributed by atoms with Gasteiger partial charge < -0.3 is 4.98 Å². The molecule has 0 bridgehead atoms. The van der Waals surface area contributed by atoms with Crippen LogP contribution in [0.2, 0.25) is 0 Å². The van der Waals surface area contributed by atoms with Crippen molar-refractivity contribution in [1.82, 2.24) is 4.98 Å². The summed E-state index contributed by atoms with van der Waals surface area (Å²) in [5, 5.41) is 1.85. The number of aryl methyl sites for hydroxylation is 1. The summed E-state index contributed by atoms with van der Waals surface area (Å²) in [6, 6.07) is 14.4. The fraction of sp³-hybridized carbons (Fsp3) is 0.125. The van der Waals surface area contributed by atoms with Crippen LogP contribution in [0.15, 0.2) is 58.5 Å². The smallest absolute Gasteiger partial charge is 0.221 e. The maximum absolute atomic E-state index is 12.7. The minimum Gasteiger partial charge on any atom is -0.345 e. The van der Waals surface area contributed by atoms with Gasteiger partial charge in [-0.2, -0.15) is 0 Å². The summed E-state index contributed by atoms with van der Waals surface area (Å²) in [6.45, 7) is 1.93. The lowest BCUT2D eigenvalue weighted by atomic mass is 10.1. The van der Waals surface area contributed by atoms with Crippen LogP contribution in [0, 0.1) is 6.92 Å². The number of hydrogen-bond donors (Lipinski definition) is 1. The fourth-order valence-electron chi connectivity index (χ4n) is 2.30. The van der Waals surface area contributed by atoms with Crippen molar-refractivity contribution in [3.05, 3.63) is 59.7 Å². The monoisotopic (exact) mass is 363 g/mol. The summed E-state index contributed by atoms with van der Waals surface area (Å²) < 4.78 is 25.3. The standard InChI is InChI=1S/C16H14BrNO2S/c1-11-5-7-13(8-6-11)21(19,20)16-9-14-12(10-17)3-2-4-15(14)18-16/h2-9,18H,10H2,1H3. The van der Waals surface area contributed by atoms with Gasteiger partial charge in [0.1, 0.15) is 5.03 Å². The van der Waals surface area contributed by atoms with Crippen LogP contribution >= 0.6 is 15.9 Å². The zero-order valence-electron chi connectivity index (χ0n) is 11.4. The minimum absolute atomic E-state index is 0.231. The van der Waals surface area contributed by atoms with Crippen molar-refractivity contribution in [2.24, 2.45) is 0 Å². The maximum Gasteiger partial charge on any atom is 0.221 e. The van der Waals surface area contributed by atoms with Gasteiger partial charge in [-0.05, 0) is 36.8 Å². The molecule has 5 heteroatoms. The first-order valence-corrected chi connectivity index (χ1v) is 9.11. The van der Waals surface area contributed by atoms with Crippen molar-refractivity contribution in [3.8, 4) is 0 Å². The van der Waals surface area contributed by atoms with E-state index in [0.717, 1.165) is 22.0 Å². The molecule has 0 amide bonds. The molecule has 3 aromatic rings. The zero-order chi connectivity index (χ0) is 15.0. The molecule has 0 radical (unpaired) electrons. The van der Waals surface area contributed by atoms with Crippen molar-refractivity contribution in [3.63, 3.8) is 0 Å². The second-order valence-corrected chi connectivity index (χ2v) is 7.44. The molecule has 1 N–H and O–H groups in total. The average Bonchev–Trinajstić information content (AvgIpc) is 2.92. The molecule has 0 aliphatic heterocycles. The third-order valence-electron chi connectivity index (χ3n) is 3.49. The first-order valence-electron chi connectivity index (χ1n) is 6.51. The summed E-state index contributed by atoms with van der Waals surface area (Å²) in [4.78, 5) is 3.32. The van der Waals surface area contributed by atoms with Gasteiger partial charge in [0.25, 0.3) is 0 Å². The van der Waals surface area contributed by atoms with Crippen LogP contribution in [-0.2, 0) is 15.2 Å². The first kappa shape index (κ1) is 14.4. The third kappa shape index (κ3) is 2.51. The molecule has 0 fully saturated rings. The summed E-state index contributed by atoms with van der Waals surface area (Å²) >= 11 is 3.43. The Balaban J connectivity index is 2.17. The van der Waals surface area contributed by atoms with E-state index >= 15 is 0 Å². The second-order valence-electron chi connectivity index (χ2n) is 4.96. The highest BCUT2D eigenvalue weighted by Crippen LogP contribution is 2.27. The molecule has 0 spiro atoms. The number of nitrogens with one attached hydrogen (secondary N) is 1. The first-order chi connectivity index (χ1) is 10.0. The Morgan fingerprint density at radius 1 is 1.10 bits per heavy atom. The lowest BCUT2D eigenvalue weighted by molar-refractivity contribution is 0.593. The Kier molecular flexibility index (Phi) is 3.63. The molecule has 0 saturated heterocycles. The molecule has 3 rings (SSSR count). The van der Waals surface area contributed by atoms with E-state index in [4.69, 9.17) is 0 Å². The van der Waals surface area contributed by atoms with E-state index in [2.05, 4.69) is 20.9 Å². The van der Waals surface area contributed by atoms with Gasteiger partial charge >= 0.3 is 0 Å². The molecular formula is C16H14BrNO2S. The van der Waals surface area contributed by atoms with Gasteiger partial charge in [0.2, 0.25) is 9.84 Å². The quantitative estimate of drug-likeness (QED) is 0.708. The van der Waals surface area contributed by atoms with Gasteiger partial charge in [-0.25, -0.2) is 8.42 Å². The van der Waals surface area contributed by atoms with E-state index in [1.54, 1.807) is 30.3 Å². The van der Waals surface area contributed by atoms with Gasteiger partial charge in [0.05, 0.1) is 4.90 Å². The number of H-pyrrole nitrogens is 1. The number of fused-ring (bicyclic) bond motifs is 1. The Hall–Kier alpha value is -1.59. The lowest BCUT2D eigenvalue weighted by Crippen LogP contribution is -2.02. The summed E-state index contributed by atoms with van der Waals surface area (Å²) in [7, 11) is -3.51. The lowest BCUT2D eigenvalue weighted by Gasteiger charge is -2.02. The molecule has 0 saturated carbocycles. The number of hydrogen-bond acceptors (Lipinski definition) is 2. The van der Waals surface area contributed by atoms with Gasteiger partial charge in [-0.1, -0.05) is 45.8 Å². The fourth-order valence-corrected chi connectivity index (χ4v) is 4.05. The molecule has 2 aromatic carbocycles. The summed E-state index contributed by atoms with van der Waals surface area (Å²) in [5.41, 5.74) is 2.93. The van der Waals surface area contributed by atoms with E-state index in [1.807, 2.05) is 25.1 Å². The van der Waals surface area contributed by atoms with Gasteiger partial charge in [-0.15, -0.1) is 0 Å². The van der Waals surface area contributed by atoms with E-state index < -0.39 is 9.84 Å². The van der Waals surface area contributed by atoms with Crippen LogP contribution in [0.5, 0.6) is 0 Å². The van der Waals surface area contributed by atoms with Crippen LogP contribution in [-0.4, -0.2) is 13.4 Å². The van der Waals surface area contributed by atoms with Crippen molar-refractivity contribution in [2.75, 3.05) is 0 Å². The molecule has 1 heterocycles. The number of aromatic amines is 1. The van der Waals surface area contributed by atoms with E-state index in [1.165, 1.54) is 0 Å². The highest BCUT2D eigenvalue weighted by Gasteiger charge is 2.20. The Bertz CT molecular complexity index is 896. The minimum atomic E-state index is -3.51.